The number of carbonyl (C=O) groups excluding carboxylic acids is 1. The van der Waals surface area contributed by atoms with Crippen LogP contribution in [0.4, 0.5) is 0 Å². The summed E-state index contributed by atoms with van der Waals surface area (Å²) in [6.07, 6.45) is 0.997. The van der Waals surface area contributed by atoms with Gasteiger partial charge in [-0.2, -0.15) is 4.31 Å². The second-order valence-corrected chi connectivity index (χ2v) is 13.2. The van der Waals surface area contributed by atoms with Crippen LogP contribution < -0.4 is 5.32 Å². The number of benzene rings is 3. The van der Waals surface area contributed by atoms with Gasteiger partial charge in [0.25, 0.3) is 5.91 Å². The minimum Gasteiger partial charge on any atom is -0.348 e. The first kappa shape index (κ1) is 27.0. The fourth-order valence-corrected chi connectivity index (χ4v) is 7.61. The maximum Gasteiger partial charge on any atom is 0.252 e. The molecule has 9 heteroatoms. The molecule has 1 aliphatic heterocycles. The van der Waals surface area contributed by atoms with Gasteiger partial charge in [-0.1, -0.05) is 73.1 Å². The van der Waals surface area contributed by atoms with Crippen molar-refractivity contribution in [1.82, 2.24) is 9.62 Å². The third-order valence-electron chi connectivity index (χ3n) is 6.09. The van der Waals surface area contributed by atoms with Gasteiger partial charge in [0.2, 0.25) is 10.0 Å². The van der Waals surface area contributed by atoms with Crippen molar-refractivity contribution in [1.29, 1.82) is 0 Å². The van der Waals surface area contributed by atoms with E-state index < -0.39 is 10.0 Å². The Morgan fingerprint density at radius 1 is 1.00 bits per heavy atom. The summed E-state index contributed by atoms with van der Waals surface area (Å²) in [5.74, 6) is 0.177. The highest BCUT2D eigenvalue weighted by Crippen LogP contribution is 2.34. The number of carbonyl (C=O) groups is 1. The number of sulfonamides is 1. The number of rotatable bonds is 7. The zero-order valence-electron chi connectivity index (χ0n) is 20.1. The van der Waals surface area contributed by atoms with Crippen LogP contribution in [0.15, 0.2) is 81.4 Å². The smallest absolute Gasteiger partial charge is 0.252 e. The van der Waals surface area contributed by atoms with Gasteiger partial charge in [0.05, 0.1) is 10.5 Å². The van der Waals surface area contributed by atoms with Crippen molar-refractivity contribution in [3.05, 3.63) is 87.9 Å². The molecule has 1 saturated heterocycles. The molecule has 1 heterocycles. The predicted octanol–water partition coefficient (Wildman–Crippen LogP) is 6.74. The molecule has 0 aliphatic carbocycles. The summed E-state index contributed by atoms with van der Waals surface area (Å²) < 4.78 is 28.6. The highest BCUT2D eigenvalue weighted by molar-refractivity contribution is 7.99. The van der Waals surface area contributed by atoms with E-state index in [4.69, 9.17) is 23.2 Å². The number of piperidine rings is 1. The number of nitrogens with one attached hydrogen (secondary N) is 1. The van der Waals surface area contributed by atoms with Gasteiger partial charge in [-0.05, 0) is 66.3 Å². The van der Waals surface area contributed by atoms with E-state index in [1.165, 1.54) is 22.1 Å². The van der Waals surface area contributed by atoms with E-state index in [2.05, 4.69) is 19.2 Å². The molecule has 0 aromatic heterocycles. The summed E-state index contributed by atoms with van der Waals surface area (Å²) in [6.45, 7) is 5.30. The van der Waals surface area contributed by atoms with Crippen LogP contribution in [-0.2, 0) is 16.6 Å². The average molecular weight is 564 g/mol. The van der Waals surface area contributed by atoms with Gasteiger partial charge < -0.3 is 5.32 Å². The van der Waals surface area contributed by atoms with Crippen molar-refractivity contribution >= 4 is 50.9 Å². The van der Waals surface area contributed by atoms with Gasteiger partial charge in [0, 0.05) is 39.5 Å². The zero-order valence-corrected chi connectivity index (χ0v) is 23.2. The molecule has 5 nitrogen and oxygen atoms in total. The van der Waals surface area contributed by atoms with Gasteiger partial charge >= 0.3 is 0 Å². The summed E-state index contributed by atoms with van der Waals surface area (Å²) in [5.41, 5.74) is 1.06. The Hall–Kier alpha value is -2.03. The van der Waals surface area contributed by atoms with E-state index in [0.717, 1.165) is 16.9 Å². The molecule has 1 N–H and O–H groups in total. The molecule has 4 rings (SSSR count). The van der Waals surface area contributed by atoms with Crippen molar-refractivity contribution in [3.63, 3.8) is 0 Å². The molecular formula is C27H28Cl2N2O3S2. The predicted molar refractivity (Wildman–Crippen MR) is 146 cm³/mol. The standard InChI is InChI=1S/C27H28Cl2N2O3S2/c1-18-12-19(2)17-31(16-18)36(33,34)23-10-11-26(35-22-8-5-7-21(28)13-22)24(14-23)27(32)30-15-20-6-3-4-9-25(20)29/h3-11,13-14,18-19H,12,15-17H2,1-2H3,(H,30,32)/t18-,19+. The van der Waals surface area contributed by atoms with Gasteiger partial charge in [-0.25, -0.2) is 8.42 Å². The summed E-state index contributed by atoms with van der Waals surface area (Å²) in [4.78, 5) is 15.0. The molecule has 190 valence electrons. The van der Waals surface area contributed by atoms with E-state index in [-0.39, 0.29) is 34.7 Å². The third kappa shape index (κ3) is 6.45. The van der Waals surface area contributed by atoms with Crippen LogP contribution in [0.2, 0.25) is 10.0 Å². The van der Waals surface area contributed by atoms with Crippen LogP contribution >= 0.6 is 35.0 Å². The summed E-state index contributed by atoms with van der Waals surface area (Å²) >= 11 is 13.8. The number of hydrogen-bond acceptors (Lipinski definition) is 4. The second kappa shape index (κ2) is 11.6. The van der Waals surface area contributed by atoms with E-state index in [1.54, 1.807) is 30.3 Å². The first-order chi connectivity index (χ1) is 17.1. The SMILES string of the molecule is C[C@@H]1C[C@H](C)CN(S(=O)(=O)c2ccc(Sc3cccc(Cl)c3)c(C(=O)NCc3ccccc3Cl)c2)C1. The fourth-order valence-electron chi connectivity index (χ4n) is 4.46. The lowest BCUT2D eigenvalue weighted by molar-refractivity contribution is 0.0947. The van der Waals surface area contributed by atoms with Crippen LogP contribution in [0.3, 0.4) is 0 Å². The molecule has 1 aliphatic rings. The molecule has 0 unspecified atom stereocenters. The second-order valence-electron chi connectivity index (χ2n) is 9.26. The van der Waals surface area contributed by atoms with Gasteiger partial charge in [0.1, 0.15) is 0 Å². The van der Waals surface area contributed by atoms with Gasteiger partial charge in [-0.15, -0.1) is 0 Å². The first-order valence-corrected chi connectivity index (χ1v) is 14.7. The summed E-state index contributed by atoms with van der Waals surface area (Å²) in [5, 5.41) is 4.03. The largest absolute Gasteiger partial charge is 0.348 e. The van der Waals surface area contributed by atoms with Gasteiger partial charge in [-0.3, -0.25) is 4.79 Å². The van der Waals surface area contributed by atoms with Crippen molar-refractivity contribution in [2.45, 2.75) is 41.5 Å². The number of halogens is 2. The van der Waals surface area contributed by atoms with Crippen molar-refractivity contribution < 1.29 is 13.2 Å². The molecule has 0 saturated carbocycles. The average Bonchev–Trinajstić information content (AvgIpc) is 2.83. The molecule has 2 atom stereocenters. The van der Waals surface area contributed by atoms with E-state index in [0.29, 0.717) is 28.0 Å². The fraction of sp³-hybridized carbons (Fsp3) is 0.296. The molecule has 3 aromatic carbocycles. The minimum absolute atomic E-state index is 0.113. The molecule has 1 fully saturated rings. The van der Waals surface area contributed by atoms with E-state index >= 15 is 0 Å². The van der Waals surface area contributed by atoms with Crippen LogP contribution in [0.5, 0.6) is 0 Å². The van der Waals surface area contributed by atoms with Crippen LogP contribution in [0.1, 0.15) is 36.2 Å². The quantitative estimate of drug-likeness (QED) is 0.346. The highest BCUT2D eigenvalue weighted by Gasteiger charge is 2.32. The lowest BCUT2D eigenvalue weighted by Crippen LogP contribution is -2.42. The topological polar surface area (TPSA) is 66.5 Å². The monoisotopic (exact) mass is 562 g/mol. The Morgan fingerprint density at radius 3 is 2.42 bits per heavy atom. The molecule has 3 aromatic rings. The zero-order chi connectivity index (χ0) is 25.9. The molecular weight excluding hydrogens is 535 g/mol. The van der Waals surface area contributed by atoms with Crippen LogP contribution in [-0.4, -0.2) is 31.7 Å². The Balaban J connectivity index is 1.67. The minimum atomic E-state index is -3.75. The summed E-state index contributed by atoms with van der Waals surface area (Å²) in [6, 6.07) is 19.3. The van der Waals surface area contributed by atoms with Crippen molar-refractivity contribution in [3.8, 4) is 0 Å². The van der Waals surface area contributed by atoms with Crippen LogP contribution in [0, 0.1) is 11.8 Å². The van der Waals surface area contributed by atoms with E-state index in [1.807, 2.05) is 30.3 Å². The molecule has 0 radical (unpaired) electrons. The molecule has 1 amide bonds. The molecule has 0 bridgehead atoms. The summed E-state index contributed by atoms with van der Waals surface area (Å²) in [7, 11) is -3.75. The highest BCUT2D eigenvalue weighted by atomic mass is 35.5. The van der Waals surface area contributed by atoms with Crippen molar-refractivity contribution in [2.75, 3.05) is 13.1 Å². The Morgan fingerprint density at radius 2 is 1.72 bits per heavy atom. The lowest BCUT2D eigenvalue weighted by Gasteiger charge is -2.34. The Labute approximate surface area is 227 Å². The van der Waals surface area contributed by atoms with Gasteiger partial charge in [0.15, 0.2) is 0 Å². The maximum absolute atomic E-state index is 13.5. The normalized spacial score (nSPS) is 18.7. The van der Waals surface area contributed by atoms with E-state index in [9.17, 15) is 13.2 Å². The first-order valence-electron chi connectivity index (χ1n) is 11.7. The number of amides is 1. The number of hydrogen-bond donors (Lipinski definition) is 1. The molecule has 0 spiro atoms. The lowest BCUT2D eigenvalue weighted by atomic mass is 9.94. The Kier molecular flexibility index (Phi) is 8.68. The van der Waals surface area contributed by atoms with Crippen molar-refractivity contribution in [2.24, 2.45) is 11.8 Å². The number of nitrogens with zero attached hydrogens (tertiary/aromatic N) is 1. The third-order valence-corrected chi connectivity index (χ3v) is 9.59. The van der Waals surface area contributed by atoms with Crippen LogP contribution in [0.25, 0.3) is 0 Å². The Bertz CT molecular complexity index is 1350. The molecule has 36 heavy (non-hydrogen) atoms. The maximum atomic E-state index is 13.5.